The maximum Gasteiger partial charge on any atom is 0.206 e. The lowest BCUT2D eigenvalue weighted by atomic mass is 10.2. The Kier molecular flexibility index (Phi) is 4.61. The molecular weight excluding hydrogens is 126 g/mol. The number of carbonyl (C=O) groups excluding carboxylic acids is 1. The number of carbonyl (C=O) groups is 1. The highest BCUT2D eigenvalue weighted by molar-refractivity contribution is 5.95. The average Bonchev–Trinajstić information content (AvgIpc) is 1.88. The summed E-state index contributed by atoms with van der Waals surface area (Å²) in [6, 6.07) is 0.202. The Hall–Kier alpha value is -0.810. The van der Waals surface area contributed by atoms with Crippen molar-refractivity contribution >= 4 is 5.78 Å². The van der Waals surface area contributed by atoms with E-state index in [0.29, 0.717) is 6.42 Å². The van der Waals surface area contributed by atoms with Crippen LogP contribution in [0.15, 0.2) is 0 Å². The highest BCUT2D eigenvalue weighted by Crippen LogP contribution is 1.89. The van der Waals surface area contributed by atoms with Crippen LogP contribution in [0.5, 0.6) is 0 Å². The minimum Gasteiger partial charge on any atom is -0.314 e. The monoisotopic (exact) mass is 139 g/mol. The molecule has 56 valence electrons. The van der Waals surface area contributed by atoms with Crippen molar-refractivity contribution < 1.29 is 4.79 Å². The Morgan fingerprint density at radius 1 is 1.80 bits per heavy atom. The normalized spacial score (nSPS) is 12.1. The van der Waals surface area contributed by atoms with Crippen molar-refractivity contribution in [3.8, 4) is 12.3 Å². The van der Waals surface area contributed by atoms with E-state index >= 15 is 0 Å². The minimum atomic E-state index is -0.131. The Balaban J connectivity index is 3.49. The molecule has 1 N–H and O–H groups in total. The van der Waals surface area contributed by atoms with Gasteiger partial charge in [0.25, 0.3) is 0 Å². The van der Waals surface area contributed by atoms with Crippen LogP contribution < -0.4 is 5.32 Å². The fraction of sp³-hybridized carbons (Fsp3) is 0.625. The summed E-state index contributed by atoms with van der Waals surface area (Å²) >= 11 is 0. The van der Waals surface area contributed by atoms with Crippen molar-refractivity contribution in [2.24, 2.45) is 0 Å². The maximum absolute atomic E-state index is 10.6. The third-order valence-electron chi connectivity index (χ3n) is 1.21. The van der Waals surface area contributed by atoms with Gasteiger partial charge in [-0.1, -0.05) is 6.92 Å². The van der Waals surface area contributed by atoms with E-state index in [1.807, 2.05) is 13.8 Å². The fourth-order valence-electron chi connectivity index (χ4n) is 0.758. The topological polar surface area (TPSA) is 29.1 Å². The summed E-state index contributed by atoms with van der Waals surface area (Å²) in [6.07, 6.45) is 5.32. The molecule has 0 heterocycles. The molecule has 0 rings (SSSR count). The molecule has 2 nitrogen and oxygen atoms in total. The number of ketones is 1. The van der Waals surface area contributed by atoms with Crippen LogP contribution in [0, 0.1) is 12.3 Å². The molecule has 0 aliphatic rings. The van der Waals surface area contributed by atoms with Gasteiger partial charge in [0.05, 0.1) is 0 Å². The molecule has 0 bridgehead atoms. The number of nitrogens with one attached hydrogen (secondary N) is 1. The smallest absolute Gasteiger partial charge is 0.206 e. The van der Waals surface area contributed by atoms with Crippen molar-refractivity contribution in [3.63, 3.8) is 0 Å². The Morgan fingerprint density at radius 2 is 2.40 bits per heavy atom. The van der Waals surface area contributed by atoms with Gasteiger partial charge in [-0.25, -0.2) is 0 Å². The molecule has 0 aromatic rings. The lowest BCUT2D eigenvalue weighted by Gasteiger charge is -2.07. The van der Waals surface area contributed by atoms with Gasteiger partial charge in [0.15, 0.2) is 0 Å². The Labute approximate surface area is 62.0 Å². The lowest BCUT2D eigenvalue weighted by Crippen LogP contribution is -2.27. The Bertz CT molecular complexity index is 146. The maximum atomic E-state index is 10.6. The second-order valence-electron chi connectivity index (χ2n) is 2.23. The standard InChI is InChI=1S/C8H13NO/c1-4-8(10)6-7(3)9-5-2/h1,7,9H,5-6H2,2-3H3. The quantitative estimate of drug-likeness (QED) is 0.456. The summed E-state index contributed by atoms with van der Waals surface area (Å²) in [5.41, 5.74) is 0. The summed E-state index contributed by atoms with van der Waals surface area (Å²) in [5.74, 6) is 1.94. The largest absolute Gasteiger partial charge is 0.314 e. The van der Waals surface area contributed by atoms with Gasteiger partial charge < -0.3 is 5.32 Å². The van der Waals surface area contributed by atoms with Crippen LogP contribution in [0.25, 0.3) is 0 Å². The number of terminal acetylenes is 1. The molecule has 0 aromatic carbocycles. The first-order chi connectivity index (χ1) is 4.70. The van der Waals surface area contributed by atoms with Gasteiger partial charge in [0.2, 0.25) is 5.78 Å². The predicted octanol–water partition coefficient (Wildman–Crippen LogP) is 0.577. The molecule has 0 aliphatic heterocycles. The van der Waals surface area contributed by atoms with E-state index in [0.717, 1.165) is 6.54 Å². The number of rotatable bonds is 4. The third kappa shape index (κ3) is 4.11. The van der Waals surface area contributed by atoms with Crippen molar-refractivity contribution in [3.05, 3.63) is 0 Å². The van der Waals surface area contributed by atoms with E-state index in [1.54, 1.807) is 0 Å². The van der Waals surface area contributed by atoms with Crippen LogP contribution in [0.2, 0.25) is 0 Å². The molecule has 2 heteroatoms. The zero-order valence-corrected chi connectivity index (χ0v) is 6.48. The lowest BCUT2D eigenvalue weighted by molar-refractivity contribution is -0.114. The number of Topliss-reactive ketones (excluding diaryl/α,β-unsaturated/α-hetero) is 1. The van der Waals surface area contributed by atoms with E-state index in [-0.39, 0.29) is 11.8 Å². The summed E-state index contributed by atoms with van der Waals surface area (Å²) in [7, 11) is 0. The zero-order chi connectivity index (χ0) is 7.98. The first-order valence-electron chi connectivity index (χ1n) is 3.43. The van der Waals surface area contributed by atoms with Gasteiger partial charge in [-0.3, -0.25) is 4.79 Å². The molecule has 0 aromatic heterocycles. The first kappa shape index (κ1) is 9.19. The van der Waals surface area contributed by atoms with Crippen molar-refractivity contribution in [1.82, 2.24) is 5.32 Å². The van der Waals surface area contributed by atoms with E-state index in [1.165, 1.54) is 0 Å². The number of hydrogen-bond donors (Lipinski definition) is 1. The second-order valence-corrected chi connectivity index (χ2v) is 2.23. The summed E-state index contributed by atoms with van der Waals surface area (Å²) in [5, 5.41) is 3.09. The highest BCUT2D eigenvalue weighted by atomic mass is 16.1. The predicted molar refractivity (Wildman–Crippen MR) is 41.6 cm³/mol. The van der Waals surface area contributed by atoms with Gasteiger partial charge in [0, 0.05) is 12.5 Å². The molecule has 10 heavy (non-hydrogen) atoms. The van der Waals surface area contributed by atoms with E-state index in [4.69, 9.17) is 6.42 Å². The van der Waals surface area contributed by atoms with Gasteiger partial charge in [-0.15, -0.1) is 6.42 Å². The van der Waals surface area contributed by atoms with Gasteiger partial charge in [-0.2, -0.15) is 0 Å². The van der Waals surface area contributed by atoms with Crippen LogP contribution in [0.1, 0.15) is 20.3 Å². The van der Waals surface area contributed by atoms with Crippen LogP contribution >= 0.6 is 0 Å². The Morgan fingerprint density at radius 3 is 2.80 bits per heavy atom. The molecule has 0 amide bonds. The fourth-order valence-corrected chi connectivity index (χ4v) is 0.758. The van der Waals surface area contributed by atoms with Crippen molar-refractivity contribution in [2.45, 2.75) is 26.3 Å². The van der Waals surface area contributed by atoms with Gasteiger partial charge in [0.1, 0.15) is 0 Å². The van der Waals surface area contributed by atoms with Gasteiger partial charge in [-0.05, 0) is 19.4 Å². The first-order valence-corrected chi connectivity index (χ1v) is 3.43. The molecule has 1 unspecified atom stereocenters. The molecule has 0 saturated carbocycles. The third-order valence-corrected chi connectivity index (χ3v) is 1.21. The number of hydrogen-bond acceptors (Lipinski definition) is 2. The van der Waals surface area contributed by atoms with Crippen LogP contribution in [-0.4, -0.2) is 18.4 Å². The molecule has 0 fully saturated rings. The SMILES string of the molecule is C#CC(=O)CC(C)NCC. The van der Waals surface area contributed by atoms with Crippen LogP contribution in [0.3, 0.4) is 0 Å². The minimum absolute atomic E-state index is 0.131. The molecule has 0 saturated heterocycles. The molecular formula is C8H13NO. The zero-order valence-electron chi connectivity index (χ0n) is 6.48. The van der Waals surface area contributed by atoms with E-state index < -0.39 is 0 Å². The van der Waals surface area contributed by atoms with E-state index in [2.05, 4.69) is 11.2 Å². The van der Waals surface area contributed by atoms with E-state index in [9.17, 15) is 4.79 Å². The van der Waals surface area contributed by atoms with Crippen molar-refractivity contribution in [1.29, 1.82) is 0 Å². The summed E-state index contributed by atoms with van der Waals surface area (Å²) in [6.45, 7) is 4.81. The molecule has 0 spiro atoms. The van der Waals surface area contributed by atoms with Gasteiger partial charge >= 0.3 is 0 Å². The summed E-state index contributed by atoms with van der Waals surface area (Å²) < 4.78 is 0. The molecule has 1 atom stereocenters. The molecule has 0 aliphatic carbocycles. The van der Waals surface area contributed by atoms with Crippen LogP contribution in [0.4, 0.5) is 0 Å². The highest BCUT2D eigenvalue weighted by Gasteiger charge is 2.03. The molecule has 0 radical (unpaired) electrons. The van der Waals surface area contributed by atoms with Crippen molar-refractivity contribution in [2.75, 3.05) is 6.54 Å². The average molecular weight is 139 g/mol. The summed E-state index contributed by atoms with van der Waals surface area (Å²) in [4.78, 5) is 10.6. The second kappa shape index (κ2) is 5.01. The van der Waals surface area contributed by atoms with Crippen LogP contribution in [-0.2, 0) is 4.79 Å².